The summed E-state index contributed by atoms with van der Waals surface area (Å²) in [5.74, 6) is 0.0915. The van der Waals surface area contributed by atoms with Crippen molar-refractivity contribution >= 4 is 61.4 Å². The number of benzene rings is 1. The van der Waals surface area contributed by atoms with Gasteiger partial charge in [0, 0.05) is 22.2 Å². The Bertz CT molecular complexity index is 1260. The van der Waals surface area contributed by atoms with E-state index >= 15 is 0 Å². The lowest BCUT2D eigenvalue weighted by Gasteiger charge is -2.13. The Morgan fingerprint density at radius 1 is 1.31 bits per heavy atom. The smallest absolute Gasteiger partial charge is 0.268 e. The van der Waals surface area contributed by atoms with Gasteiger partial charge in [-0.3, -0.25) is 0 Å². The molecule has 0 spiro atoms. The van der Waals surface area contributed by atoms with E-state index in [1.54, 1.807) is 4.57 Å². The van der Waals surface area contributed by atoms with Gasteiger partial charge >= 0.3 is 0 Å². The standard InChI is InChI=1S/C19H21IN6O4S2/c1-2-7-24-32(27,28)9-8-26-17-15(16(21)22-11-23-17)25-19(26)31-14-10-29-18(30-14)12-5-3-4-6-13(12)20/h3-6,10-11,18,24H,2,7-9H2,1H3,(H2,21,22,23). The SMILES string of the molecule is CCCNS(=O)(=O)CCn1c(SC2=COC(c3ccccc3I)O2)nc2c(N)ncnc21. The van der Waals surface area contributed by atoms with Crippen LogP contribution >= 0.6 is 34.4 Å². The fourth-order valence-corrected chi connectivity index (χ4v) is 5.54. The third kappa shape index (κ3) is 5.10. The molecule has 1 aromatic carbocycles. The van der Waals surface area contributed by atoms with Gasteiger partial charge in [0.25, 0.3) is 6.29 Å². The fraction of sp³-hybridized carbons (Fsp3) is 0.316. The number of hydrogen-bond acceptors (Lipinski definition) is 9. The summed E-state index contributed by atoms with van der Waals surface area (Å²) < 4.78 is 41.6. The molecule has 3 N–H and O–H groups in total. The van der Waals surface area contributed by atoms with Crippen molar-refractivity contribution in [2.75, 3.05) is 18.0 Å². The quantitative estimate of drug-likeness (QED) is 0.362. The van der Waals surface area contributed by atoms with Gasteiger partial charge in [-0.25, -0.2) is 28.1 Å². The molecule has 0 fully saturated rings. The third-order valence-corrected chi connectivity index (χ3v) is 7.78. The highest BCUT2D eigenvalue weighted by Gasteiger charge is 2.27. The number of fused-ring (bicyclic) bond motifs is 1. The van der Waals surface area contributed by atoms with Crippen LogP contribution in [-0.4, -0.2) is 40.2 Å². The van der Waals surface area contributed by atoms with Gasteiger partial charge in [-0.15, -0.1) is 0 Å². The Morgan fingerprint density at radius 3 is 2.91 bits per heavy atom. The van der Waals surface area contributed by atoms with Crippen LogP contribution in [0.4, 0.5) is 5.82 Å². The van der Waals surface area contributed by atoms with Crippen molar-refractivity contribution in [1.29, 1.82) is 0 Å². The number of hydrogen-bond donors (Lipinski definition) is 2. The molecule has 1 unspecified atom stereocenters. The number of aryl methyl sites for hydroxylation is 1. The van der Waals surface area contributed by atoms with Crippen LogP contribution in [0, 0.1) is 3.57 Å². The minimum Gasteiger partial charge on any atom is -0.454 e. The van der Waals surface area contributed by atoms with Gasteiger partial charge in [-0.2, -0.15) is 0 Å². The molecule has 0 bridgehead atoms. The van der Waals surface area contributed by atoms with E-state index in [0.717, 1.165) is 9.13 Å². The summed E-state index contributed by atoms with van der Waals surface area (Å²) in [6.07, 6.45) is 3.00. The molecule has 0 saturated heterocycles. The van der Waals surface area contributed by atoms with E-state index in [1.807, 2.05) is 31.2 Å². The summed E-state index contributed by atoms with van der Waals surface area (Å²) in [5, 5.41) is 0.973. The average Bonchev–Trinajstić information content (AvgIpc) is 3.37. The number of rotatable bonds is 9. The highest BCUT2D eigenvalue weighted by atomic mass is 127. The van der Waals surface area contributed by atoms with E-state index in [2.05, 4.69) is 42.3 Å². The lowest BCUT2D eigenvalue weighted by Crippen LogP contribution is -2.29. The number of aromatic nitrogens is 4. The molecule has 3 aromatic rings. The first-order valence-corrected chi connectivity index (χ1v) is 13.3. The maximum Gasteiger partial charge on any atom is 0.268 e. The Morgan fingerprint density at radius 2 is 2.12 bits per heavy atom. The van der Waals surface area contributed by atoms with E-state index in [0.29, 0.717) is 34.4 Å². The summed E-state index contributed by atoms with van der Waals surface area (Å²) >= 11 is 3.44. The van der Waals surface area contributed by atoms with Crippen LogP contribution in [-0.2, 0) is 26.0 Å². The predicted molar refractivity (Wildman–Crippen MR) is 130 cm³/mol. The van der Waals surface area contributed by atoms with Crippen molar-refractivity contribution in [1.82, 2.24) is 24.2 Å². The van der Waals surface area contributed by atoms with Crippen molar-refractivity contribution in [3.63, 3.8) is 0 Å². The van der Waals surface area contributed by atoms with E-state index in [1.165, 1.54) is 24.4 Å². The van der Waals surface area contributed by atoms with E-state index < -0.39 is 16.3 Å². The lowest BCUT2D eigenvalue weighted by atomic mass is 10.2. The van der Waals surface area contributed by atoms with Gasteiger partial charge in [0.15, 0.2) is 22.1 Å². The molecule has 1 aliphatic rings. The molecular formula is C19H21IN6O4S2. The molecule has 4 rings (SSSR count). The second kappa shape index (κ2) is 9.80. The Balaban J connectivity index is 1.56. The zero-order chi connectivity index (χ0) is 22.7. The number of nitrogens with zero attached hydrogens (tertiary/aromatic N) is 4. The van der Waals surface area contributed by atoms with Crippen LogP contribution < -0.4 is 10.5 Å². The number of imidazole rings is 1. The predicted octanol–water partition coefficient (Wildman–Crippen LogP) is 2.98. The monoisotopic (exact) mass is 588 g/mol. The largest absolute Gasteiger partial charge is 0.454 e. The number of sulfonamides is 1. The number of halogens is 1. The second-order valence-electron chi connectivity index (χ2n) is 6.84. The maximum atomic E-state index is 12.3. The normalized spacial score (nSPS) is 16.1. The molecule has 3 heterocycles. The summed E-state index contributed by atoms with van der Waals surface area (Å²) in [5.41, 5.74) is 7.75. The number of ether oxygens (including phenoxy) is 2. The van der Waals surface area contributed by atoms with Crippen molar-refractivity contribution in [2.45, 2.75) is 31.3 Å². The summed E-state index contributed by atoms with van der Waals surface area (Å²) in [6.45, 7) is 2.44. The molecule has 0 amide bonds. The lowest BCUT2D eigenvalue weighted by molar-refractivity contribution is -0.0279. The van der Waals surface area contributed by atoms with Crippen molar-refractivity contribution < 1.29 is 17.9 Å². The average molecular weight is 588 g/mol. The van der Waals surface area contributed by atoms with E-state index in [4.69, 9.17) is 15.2 Å². The minimum absolute atomic E-state index is 0.128. The summed E-state index contributed by atoms with van der Waals surface area (Å²) in [7, 11) is -3.45. The van der Waals surface area contributed by atoms with E-state index in [9.17, 15) is 8.42 Å². The second-order valence-corrected chi connectivity index (χ2v) is 10.9. The first-order chi connectivity index (χ1) is 15.4. The number of thioether (sulfide) groups is 1. The van der Waals surface area contributed by atoms with Gasteiger partial charge < -0.3 is 19.8 Å². The summed E-state index contributed by atoms with van der Waals surface area (Å²) in [6, 6.07) is 7.78. The van der Waals surface area contributed by atoms with Crippen molar-refractivity contribution in [3.05, 3.63) is 51.1 Å². The molecule has 10 nitrogen and oxygen atoms in total. The molecular weight excluding hydrogens is 567 g/mol. The molecule has 0 aliphatic carbocycles. The van der Waals surface area contributed by atoms with Crippen molar-refractivity contribution in [3.8, 4) is 0 Å². The first-order valence-electron chi connectivity index (χ1n) is 9.76. The molecule has 1 atom stereocenters. The topological polar surface area (TPSA) is 134 Å². The molecule has 32 heavy (non-hydrogen) atoms. The Hall–Kier alpha value is -2.10. The van der Waals surface area contributed by atoms with Gasteiger partial charge in [0.1, 0.15) is 12.6 Å². The minimum atomic E-state index is -3.45. The van der Waals surface area contributed by atoms with Crippen LogP contribution in [0.1, 0.15) is 25.2 Å². The number of nitrogens with two attached hydrogens (primary N) is 1. The highest BCUT2D eigenvalue weighted by molar-refractivity contribution is 14.1. The van der Waals surface area contributed by atoms with Crippen LogP contribution in [0.15, 0.2) is 47.1 Å². The fourth-order valence-electron chi connectivity index (χ4n) is 2.97. The molecule has 0 radical (unpaired) electrons. The Labute approximate surface area is 203 Å². The third-order valence-electron chi connectivity index (χ3n) is 4.54. The number of nitrogen functional groups attached to an aromatic ring is 1. The first kappa shape index (κ1) is 23.1. The van der Waals surface area contributed by atoms with Gasteiger partial charge in [0.2, 0.25) is 15.1 Å². The zero-order valence-corrected chi connectivity index (χ0v) is 20.9. The molecule has 170 valence electrons. The molecule has 13 heteroatoms. The van der Waals surface area contributed by atoms with Crippen LogP contribution in [0.5, 0.6) is 0 Å². The Kier molecular flexibility index (Phi) is 7.07. The van der Waals surface area contributed by atoms with Gasteiger partial charge in [-0.05, 0) is 46.8 Å². The van der Waals surface area contributed by atoms with Crippen molar-refractivity contribution in [2.24, 2.45) is 0 Å². The summed E-state index contributed by atoms with van der Waals surface area (Å²) in [4.78, 5) is 12.8. The van der Waals surface area contributed by atoms with Crippen LogP contribution in [0.2, 0.25) is 0 Å². The van der Waals surface area contributed by atoms with Gasteiger partial charge in [0.05, 0.1) is 5.75 Å². The van der Waals surface area contributed by atoms with Crippen LogP contribution in [0.3, 0.4) is 0 Å². The molecule has 0 saturated carbocycles. The van der Waals surface area contributed by atoms with Gasteiger partial charge in [-0.1, -0.05) is 25.1 Å². The van der Waals surface area contributed by atoms with Crippen LogP contribution in [0.25, 0.3) is 11.2 Å². The molecule has 2 aromatic heterocycles. The number of anilines is 1. The molecule has 1 aliphatic heterocycles. The zero-order valence-electron chi connectivity index (χ0n) is 17.1. The highest BCUT2D eigenvalue weighted by Crippen LogP contribution is 2.39. The number of nitrogens with one attached hydrogen (secondary N) is 1. The van der Waals surface area contributed by atoms with E-state index in [-0.39, 0.29) is 18.1 Å². The maximum absolute atomic E-state index is 12.3.